The summed E-state index contributed by atoms with van der Waals surface area (Å²) in [7, 11) is 0. The zero-order chi connectivity index (χ0) is 17.4. The van der Waals surface area contributed by atoms with Crippen molar-refractivity contribution in [2.24, 2.45) is 4.99 Å². The van der Waals surface area contributed by atoms with Gasteiger partial charge in [0.15, 0.2) is 5.96 Å². The minimum absolute atomic E-state index is 0. The molecule has 0 saturated heterocycles. The summed E-state index contributed by atoms with van der Waals surface area (Å²) in [6, 6.07) is 4.30. The minimum atomic E-state index is 0. The number of nitrogens with one attached hydrogen (secondary N) is 2. The summed E-state index contributed by atoms with van der Waals surface area (Å²) >= 11 is 3.55. The van der Waals surface area contributed by atoms with Crippen LogP contribution in [-0.4, -0.2) is 30.6 Å². The maximum absolute atomic E-state index is 4.78. The summed E-state index contributed by atoms with van der Waals surface area (Å²) < 4.78 is 0. The Labute approximate surface area is 176 Å². The third-order valence-electron chi connectivity index (χ3n) is 3.69. The molecule has 0 fully saturated rings. The number of hydrogen-bond donors (Lipinski definition) is 2. The molecule has 0 radical (unpaired) electrons. The number of nitrogens with zero attached hydrogens (tertiary/aromatic N) is 2. The molecule has 0 aliphatic carbocycles. The quantitative estimate of drug-likeness (QED) is 0.245. The monoisotopic (exact) mass is 492 g/mol. The van der Waals surface area contributed by atoms with E-state index in [4.69, 9.17) is 4.99 Å². The molecule has 2 N–H and O–H groups in total. The van der Waals surface area contributed by atoms with Gasteiger partial charge in [0, 0.05) is 40.9 Å². The molecule has 140 valence electrons. The number of rotatable bonds is 8. The van der Waals surface area contributed by atoms with Crippen molar-refractivity contribution in [3.05, 3.63) is 38.5 Å². The zero-order valence-corrected chi connectivity index (χ0v) is 19.4. The molecule has 0 bridgehead atoms. The Bertz CT molecular complexity index is 635. The molecule has 0 aliphatic heterocycles. The van der Waals surface area contributed by atoms with E-state index in [0.717, 1.165) is 44.1 Å². The predicted octanol–water partition coefficient (Wildman–Crippen LogP) is 4.60. The van der Waals surface area contributed by atoms with Crippen LogP contribution in [0, 0.1) is 6.92 Å². The van der Waals surface area contributed by atoms with Gasteiger partial charge in [-0.3, -0.25) is 4.99 Å². The molecule has 4 nitrogen and oxygen atoms in total. The molecule has 2 rings (SSSR count). The highest BCUT2D eigenvalue weighted by atomic mass is 127. The Morgan fingerprint density at radius 2 is 2.08 bits per heavy atom. The first-order chi connectivity index (χ1) is 11.5. The van der Waals surface area contributed by atoms with Crippen LogP contribution in [0.4, 0.5) is 0 Å². The largest absolute Gasteiger partial charge is 0.357 e. The highest BCUT2D eigenvalue weighted by molar-refractivity contribution is 14.0. The van der Waals surface area contributed by atoms with Crippen molar-refractivity contribution in [1.29, 1.82) is 0 Å². The van der Waals surface area contributed by atoms with Crippen molar-refractivity contribution < 1.29 is 0 Å². The molecule has 0 amide bonds. The zero-order valence-electron chi connectivity index (χ0n) is 15.5. The van der Waals surface area contributed by atoms with Gasteiger partial charge in [0.1, 0.15) is 0 Å². The first-order valence-corrected chi connectivity index (χ1v) is 10.2. The van der Waals surface area contributed by atoms with Gasteiger partial charge in [-0.1, -0.05) is 19.9 Å². The predicted molar refractivity (Wildman–Crippen MR) is 122 cm³/mol. The lowest BCUT2D eigenvalue weighted by Crippen LogP contribution is -2.39. The highest BCUT2D eigenvalue weighted by Gasteiger charge is 2.21. The molecule has 0 atom stereocenters. The van der Waals surface area contributed by atoms with Gasteiger partial charge in [0.25, 0.3) is 0 Å². The fourth-order valence-corrected chi connectivity index (χ4v) is 3.99. The Hall–Kier alpha value is -0.670. The van der Waals surface area contributed by atoms with Gasteiger partial charge < -0.3 is 10.6 Å². The van der Waals surface area contributed by atoms with Crippen LogP contribution < -0.4 is 10.6 Å². The second kappa shape index (κ2) is 11.1. The van der Waals surface area contributed by atoms with E-state index >= 15 is 0 Å². The van der Waals surface area contributed by atoms with E-state index in [2.05, 4.69) is 59.3 Å². The fraction of sp³-hybridized carbons (Fsp3) is 0.556. The topological polar surface area (TPSA) is 49.3 Å². The number of hydrogen-bond acceptors (Lipinski definition) is 4. The van der Waals surface area contributed by atoms with Crippen LogP contribution in [0.3, 0.4) is 0 Å². The van der Waals surface area contributed by atoms with Gasteiger partial charge in [-0.25, -0.2) is 4.98 Å². The lowest BCUT2D eigenvalue weighted by molar-refractivity contribution is 0.548. The summed E-state index contributed by atoms with van der Waals surface area (Å²) in [5, 5.41) is 12.2. The Kier molecular flexibility index (Phi) is 9.96. The Morgan fingerprint density at radius 1 is 1.28 bits per heavy atom. The molecular formula is C18H29IN4S2. The summed E-state index contributed by atoms with van der Waals surface area (Å²) in [4.78, 5) is 10.7. The third kappa shape index (κ3) is 7.62. The van der Waals surface area contributed by atoms with Gasteiger partial charge in [0.2, 0.25) is 0 Å². The van der Waals surface area contributed by atoms with Gasteiger partial charge in [-0.15, -0.1) is 46.7 Å². The maximum atomic E-state index is 4.78. The van der Waals surface area contributed by atoms with E-state index in [-0.39, 0.29) is 29.4 Å². The summed E-state index contributed by atoms with van der Waals surface area (Å²) in [5.74, 6) is 0.900. The Balaban J connectivity index is 0.00000312. The van der Waals surface area contributed by atoms with Crippen LogP contribution >= 0.6 is 46.7 Å². The van der Waals surface area contributed by atoms with Crippen LogP contribution in [-0.2, 0) is 11.8 Å². The van der Waals surface area contributed by atoms with Crippen LogP contribution in [0.5, 0.6) is 0 Å². The lowest BCUT2D eigenvalue weighted by atomic mass is 9.92. The van der Waals surface area contributed by atoms with Crippen molar-refractivity contribution >= 4 is 52.6 Å². The smallest absolute Gasteiger partial charge is 0.191 e. The number of aromatic nitrogens is 1. The Morgan fingerprint density at radius 3 is 2.68 bits per heavy atom. The standard InChI is InChI=1S/C18H28N4S2.HI/c1-5-19-17(20-10-6-9-16-22-14(2)12-24-16)21-13-18(3,4)15-8-7-11-23-15;/h7-8,11-12H,5-6,9-10,13H2,1-4H3,(H2,19,20,21);1H. The van der Waals surface area contributed by atoms with Crippen molar-refractivity contribution in [2.75, 3.05) is 19.6 Å². The molecule has 0 aromatic carbocycles. The van der Waals surface area contributed by atoms with Crippen LogP contribution in [0.15, 0.2) is 27.9 Å². The number of guanidine groups is 1. The van der Waals surface area contributed by atoms with E-state index < -0.39 is 0 Å². The number of thiazole rings is 1. The second-order valence-electron chi connectivity index (χ2n) is 6.47. The average molecular weight is 492 g/mol. The molecule has 0 unspecified atom stereocenters. The van der Waals surface area contributed by atoms with Gasteiger partial charge in [-0.2, -0.15) is 0 Å². The molecular weight excluding hydrogens is 463 g/mol. The molecule has 7 heteroatoms. The van der Waals surface area contributed by atoms with Crippen LogP contribution in [0.1, 0.15) is 42.8 Å². The molecule has 2 aromatic heterocycles. The molecule has 0 saturated carbocycles. The molecule has 25 heavy (non-hydrogen) atoms. The summed E-state index contributed by atoms with van der Waals surface area (Å²) in [6.07, 6.45) is 2.08. The van der Waals surface area contributed by atoms with Crippen molar-refractivity contribution in [1.82, 2.24) is 15.6 Å². The average Bonchev–Trinajstić information content (AvgIpc) is 3.21. The minimum Gasteiger partial charge on any atom is -0.357 e. The molecule has 2 heterocycles. The highest BCUT2D eigenvalue weighted by Crippen LogP contribution is 2.27. The molecule has 0 aliphatic rings. The molecule has 2 aromatic rings. The lowest BCUT2D eigenvalue weighted by Gasteiger charge is -2.21. The van der Waals surface area contributed by atoms with Gasteiger partial charge in [-0.05, 0) is 31.7 Å². The first-order valence-electron chi connectivity index (χ1n) is 8.48. The van der Waals surface area contributed by atoms with E-state index in [9.17, 15) is 0 Å². The maximum Gasteiger partial charge on any atom is 0.191 e. The third-order valence-corrected chi connectivity index (χ3v) is 5.95. The molecule has 0 spiro atoms. The van der Waals surface area contributed by atoms with E-state index in [1.165, 1.54) is 9.88 Å². The van der Waals surface area contributed by atoms with E-state index in [0.29, 0.717) is 0 Å². The number of halogens is 1. The summed E-state index contributed by atoms with van der Waals surface area (Å²) in [5.41, 5.74) is 1.18. The summed E-state index contributed by atoms with van der Waals surface area (Å²) in [6.45, 7) is 11.2. The normalized spacial score (nSPS) is 11.9. The SMILES string of the molecule is CCNC(=NCC(C)(C)c1cccs1)NCCCc1nc(C)cs1.I. The van der Waals surface area contributed by atoms with E-state index in [1.807, 2.05) is 6.92 Å². The second-order valence-corrected chi connectivity index (χ2v) is 8.36. The van der Waals surface area contributed by atoms with Crippen LogP contribution in [0.25, 0.3) is 0 Å². The van der Waals surface area contributed by atoms with Crippen molar-refractivity contribution in [3.8, 4) is 0 Å². The van der Waals surface area contributed by atoms with Gasteiger partial charge in [0.05, 0.1) is 11.6 Å². The fourth-order valence-electron chi connectivity index (χ4n) is 2.32. The van der Waals surface area contributed by atoms with Crippen molar-refractivity contribution in [3.63, 3.8) is 0 Å². The number of aliphatic imine (C=N–C) groups is 1. The van der Waals surface area contributed by atoms with Crippen molar-refractivity contribution in [2.45, 2.75) is 46.0 Å². The van der Waals surface area contributed by atoms with Gasteiger partial charge >= 0.3 is 0 Å². The first kappa shape index (κ1) is 22.4. The number of thiophene rings is 1. The van der Waals surface area contributed by atoms with Crippen LogP contribution in [0.2, 0.25) is 0 Å². The van der Waals surface area contributed by atoms with E-state index in [1.54, 1.807) is 22.7 Å². The number of aryl methyl sites for hydroxylation is 2.